The van der Waals surface area contributed by atoms with Gasteiger partial charge in [0.05, 0.1) is 37.2 Å². The molecular formula is C25H35F4N6O7P. The van der Waals surface area contributed by atoms with Crippen molar-refractivity contribution in [3.05, 3.63) is 25.3 Å². The van der Waals surface area contributed by atoms with Crippen LogP contribution in [-0.2, 0) is 34.7 Å². The average molecular weight is 639 g/mol. The van der Waals surface area contributed by atoms with E-state index in [-0.39, 0.29) is 36.4 Å². The molecule has 0 saturated heterocycles. The van der Waals surface area contributed by atoms with E-state index in [1.54, 1.807) is 0 Å². The van der Waals surface area contributed by atoms with Gasteiger partial charge in [0.15, 0.2) is 17.2 Å². The molecule has 0 radical (unpaired) electrons. The van der Waals surface area contributed by atoms with E-state index in [2.05, 4.69) is 21.5 Å². The first-order valence-electron chi connectivity index (χ1n) is 13.3. The Labute approximate surface area is 244 Å². The summed E-state index contributed by atoms with van der Waals surface area (Å²) in [4.78, 5) is 50.4. The topological polar surface area (TPSA) is 172 Å². The quantitative estimate of drug-likeness (QED) is 0.132. The highest BCUT2D eigenvalue weighted by molar-refractivity contribution is 7.54. The lowest BCUT2D eigenvalue weighted by atomic mass is 9.91. The molecule has 1 amide bonds. The van der Waals surface area contributed by atoms with Crippen molar-refractivity contribution >= 4 is 36.3 Å². The SMILES string of the molecule is C=CCCC(=O)N(C)C(COCC(F)(F)C(F)F)C(=O)C(Cn1cnc2c(N)ncnc21)C(COP(=O)(O)C1CC1)OC. The molecule has 1 fully saturated rings. The molecule has 240 valence electrons. The number of halogens is 4. The maximum Gasteiger partial charge on any atom is 0.331 e. The third-order valence-corrected chi connectivity index (χ3v) is 8.97. The van der Waals surface area contributed by atoms with Gasteiger partial charge in [-0.15, -0.1) is 6.58 Å². The zero-order valence-corrected chi connectivity index (χ0v) is 24.5. The molecule has 0 bridgehead atoms. The second-order valence-electron chi connectivity index (χ2n) is 10.1. The van der Waals surface area contributed by atoms with Gasteiger partial charge in [0.1, 0.15) is 24.5 Å². The van der Waals surface area contributed by atoms with Gasteiger partial charge in [0.2, 0.25) is 5.91 Å². The Kier molecular flexibility index (Phi) is 11.8. The van der Waals surface area contributed by atoms with Gasteiger partial charge in [-0.1, -0.05) is 6.08 Å². The number of allylic oxidation sites excluding steroid dienone is 1. The number of methoxy groups -OCH3 is 1. The minimum atomic E-state index is -4.50. The number of Topliss-reactive ketones (excluding diaryl/α,β-unsaturated/α-hetero) is 1. The summed E-state index contributed by atoms with van der Waals surface area (Å²) in [6.45, 7) is 0.210. The molecule has 43 heavy (non-hydrogen) atoms. The number of aromatic nitrogens is 4. The predicted octanol–water partition coefficient (Wildman–Crippen LogP) is 2.68. The van der Waals surface area contributed by atoms with E-state index >= 15 is 0 Å². The number of hydrogen-bond donors (Lipinski definition) is 2. The Hall–Kier alpha value is -2.98. The summed E-state index contributed by atoms with van der Waals surface area (Å²) in [5.41, 5.74) is 5.78. The lowest BCUT2D eigenvalue weighted by Crippen LogP contribution is -2.51. The fourth-order valence-electron chi connectivity index (χ4n) is 4.25. The Balaban J connectivity index is 1.97. The zero-order valence-electron chi connectivity index (χ0n) is 23.7. The van der Waals surface area contributed by atoms with Crippen LogP contribution in [0.2, 0.25) is 0 Å². The van der Waals surface area contributed by atoms with Crippen molar-refractivity contribution in [2.75, 3.05) is 39.7 Å². The van der Waals surface area contributed by atoms with Gasteiger partial charge in [-0.3, -0.25) is 14.2 Å². The van der Waals surface area contributed by atoms with Crippen molar-refractivity contribution in [1.29, 1.82) is 0 Å². The van der Waals surface area contributed by atoms with Gasteiger partial charge in [-0.05, 0) is 19.3 Å². The molecule has 1 aliphatic rings. The summed E-state index contributed by atoms with van der Waals surface area (Å²) in [5.74, 6) is -7.08. The normalized spacial score (nSPS) is 17.4. The van der Waals surface area contributed by atoms with Crippen molar-refractivity contribution in [3.8, 4) is 0 Å². The number of anilines is 1. The summed E-state index contributed by atoms with van der Waals surface area (Å²) in [6.07, 6.45) is -0.116. The highest BCUT2D eigenvalue weighted by Crippen LogP contribution is 2.58. The van der Waals surface area contributed by atoms with Gasteiger partial charge in [0, 0.05) is 27.1 Å². The number of alkyl halides is 4. The first-order chi connectivity index (χ1) is 20.2. The van der Waals surface area contributed by atoms with Crippen molar-refractivity contribution in [3.63, 3.8) is 0 Å². The number of nitrogen functional groups attached to an aromatic ring is 1. The third kappa shape index (κ3) is 8.79. The fourth-order valence-corrected chi connectivity index (χ4v) is 5.62. The highest BCUT2D eigenvalue weighted by Gasteiger charge is 2.45. The van der Waals surface area contributed by atoms with Crippen LogP contribution in [0.25, 0.3) is 11.2 Å². The average Bonchev–Trinajstić information content (AvgIpc) is 3.75. The number of imidazole rings is 1. The smallest absolute Gasteiger partial charge is 0.331 e. The summed E-state index contributed by atoms with van der Waals surface area (Å²) in [6, 6.07) is -1.55. The van der Waals surface area contributed by atoms with Crippen LogP contribution < -0.4 is 5.73 Å². The number of hydrogen-bond acceptors (Lipinski definition) is 10. The fraction of sp³-hybridized carbons (Fsp3) is 0.640. The summed E-state index contributed by atoms with van der Waals surface area (Å²) in [5, 5.41) is 0. The summed E-state index contributed by atoms with van der Waals surface area (Å²) < 4.78 is 82.4. The molecule has 18 heteroatoms. The monoisotopic (exact) mass is 638 g/mol. The van der Waals surface area contributed by atoms with E-state index in [1.165, 1.54) is 37.5 Å². The number of carbonyl (C=O) groups excluding carboxylic acids is 2. The number of nitrogens with zero attached hydrogens (tertiary/aromatic N) is 5. The van der Waals surface area contributed by atoms with Crippen LogP contribution in [0, 0.1) is 5.92 Å². The van der Waals surface area contributed by atoms with E-state index in [1.807, 2.05) is 0 Å². The van der Waals surface area contributed by atoms with Crippen LogP contribution in [0.3, 0.4) is 0 Å². The number of nitrogens with two attached hydrogens (primary N) is 1. The molecule has 0 spiro atoms. The van der Waals surface area contributed by atoms with Crippen LogP contribution in [0.4, 0.5) is 23.4 Å². The largest absolute Gasteiger partial charge is 0.382 e. The number of ketones is 1. The minimum Gasteiger partial charge on any atom is -0.382 e. The van der Waals surface area contributed by atoms with Gasteiger partial charge < -0.3 is 34.1 Å². The Morgan fingerprint density at radius 1 is 1.30 bits per heavy atom. The van der Waals surface area contributed by atoms with Crippen LogP contribution in [0.5, 0.6) is 0 Å². The van der Waals surface area contributed by atoms with Crippen molar-refractivity contribution < 1.29 is 50.6 Å². The third-order valence-electron chi connectivity index (χ3n) is 7.01. The zero-order chi connectivity index (χ0) is 31.9. The van der Waals surface area contributed by atoms with Gasteiger partial charge in [-0.25, -0.2) is 23.7 Å². The Bertz CT molecular complexity index is 1330. The first-order valence-corrected chi connectivity index (χ1v) is 14.9. The molecule has 3 rings (SSSR count). The predicted molar refractivity (Wildman–Crippen MR) is 146 cm³/mol. The summed E-state index contributed by atoms with van der Waals surface area (Å²) >= 11 is 0. The number of amides is 1. The molecule has 2 aromatic heterocycles. The second-order valence-corrected chi connectivity index (χ2v) is 12.2. The maximum atomic E-state index is 14.2. The van der Waals surface area contributed by atoms with Crippen LogP contribution in [0.1, 0.15) is 25.7 Å². The van der Waals surface area contributed by atoms with Crippen LogP contribution in [0.15, 0.2) is 25.3 Å². The lowest BCUT2D eigenvalue weighted by molar-refractivity contribution is -0.172. The molecule has 2 aromatic rings. The first kappa shape index (κ1) is 34.5. The maximum absolute atomic E-state index is 14.2. The Morgan fingerprint density at radius 3 is 2.60 bits per heavy atom. The van der Waals surface area contributed by atoms with Crippen LogP contribution >= 0.6 is 7.60 Å². The molecule has 1 saturated carbocycles. The van der Waals surface area contributed by atoms with E-state index in [0.29, 0.717) is 12.8 Å². The molecule has 1 aliphatic carbocycles. The van der Waals surface area contributed by atoms with Crippen molar-refractivity contribution in [2.45, 2.75) is 62.4 Å². The number of carbonyl (C=O) groups is 2. The molecule has 3 N–H and O–H groups in total. The van der Waals surface area contributed by atoms with Crippen molar-refractivity contribution in [2.24, 2.45) is 5.92 Å². The molecule has 0 aromatic carbocycles. The van der Waals surface area contributed by atoms with E-state index in [9.17, 15) is 36.6 Å². The molecule has 4 unspecified atom stereocenters. The van der Waals surface area contributed by atoms with E-state index in [0.717, 1.165) is 4.90 Å². The number of rotatable bonds is 19. The lowest BCUT2D eigenvalue weighted by Gasteiger charge is -2.33. The number of ether oxygens (including phenoxy) is 2. The molecule has 4 atom stereocenters. The second kappa shape index (κ2) is 14.7. The van der Waals surface area contributed by atoms with Gasteiger partial charge >= 0.3 is 19.9 Å². The van der Waals surface area contributed by atoms with Gasteiger partial charge in [-0.2, -0.15) is 8.78 Å². The molecule has 2 heterocycles. The Morgan fingerprint density at radius 2 is 2.00 bits per heavy atom. The highest BCUT2D eigenvalue weighted by atomic mass is 31.2. The minimum absolute atomic E-state index is 0.0580. The standard InChI is InChI=1S/C25H35F4N6O7P/c1-4-5-6-19(36)34(2)17(10-41-12-25(28,29)24(26)27)21(37)16(18(40-3)11-42-43(38,39)15-7-8-15)9-35-14-33-20-22(30)31-13-32-23(20)35/h4,13-18,24H,1,5-12H2,2-3H3,(H,38,39)(H2,30,31,32). The van der Waals surface area contributed by atoms with E-state index in [4.69, 9.17) is 19.7 Å². The number of fused-ring (bicyclic) bond motifs is 1. The molecule has 0 aliphatic heterocycles. The molecular weight excluding hydrogens is 603 g/mol. The molecule has 13 nitrogen and oxygen atoms in total. The van der Waals surface area contributed by atoms with E-state index < -0.39 is 75.2 Å². The number of likely N-dealkylation sites (N-methyl/N-ethyl adjacent to an activating group) is 1. The summed E-state index contributed by atoms with van der Waals surface area (Å²) in [7, 11) is -1.55. The van der Waals surface area contributed by atoms with Crippen molar-refractivity contribution in [1.82, 2.24) is 24.4 Å². The van der Waals surface area contributed by atoms with Crippen LogP contribution in [-0.4, -0.2) is 105 Å². The van der Waals surface area contributed by atoms with Gasteiger partial charge in [0.25, 0.3) is 0 Å².